The van der Waals surface area contributed by atoms with E-state index in [1.54, 1.807) is 6.07 Å². The molecule has 0 saturated carbocycles. The second-order valence-corrected chi connectivity index (χ2v) is 6.52. The fourth-order valence-corrected chi connectivity index (χ4v) is 4.87. The van der Waals surface area contributed by atoms with Gasteiger partial charge in [0.15, 0.2) is 0 Å². The Balaban J connectivity index is 2.24. The van der Waals surface area contributed by atoms with E-state index < -0.39 is 4.92 Å². The molecule has 6 heteroatoms. The van der Waals surface area contributed by atoms with Crippen molar-refractivity contribution in [2.24, 2.45) is 0 Å². The Morgan fingerprint density at radius 2 is 2.06 bits per heavy atom. The molecule has 16 heavy (non-hydrogen) atoms. The number of nitrogens with zero attached hydrogens (tertiary/aromatic N) is 1. The molecule has 0 atom stereocenters. The van der Waals surface area contributed by atoms with E-state index in [0.717, 1.165) is 17.1 Å². The summed E-state index contributed by atoms with van der Waals surface area (Å²) in [6.07, 6.45) is 1.22. The molecule has 2 rings (SSSR count). The van der Waals surface area contributed by atoms with Crippen molar-refractivity contribution in [2.75, 3.05) is 11.5 Å². The van der Waals surface area contributed by atoms with E-state index in [1.807, 2.05) is 23.5 Å². The molecule has 1 aliphatic heterocycles. The summed E-state index contributed by atoms with van der Waals surface area (Å²) in [6, 6.07) is 4.74. The lowest BCUT2D eigenvalue weighted by Crippen LogP contribution is -2.01. The maximum Gasteiger partial charge on any atom is 0.270 e. The van der Waals surface area contributed by atoms with Gasteiger partial charge in [0, 0.05) is 12.1 Å². The van der Waals surface area contributed by atoms with Crippen molar-refractivity contribution in [1.29, 1.82) is 0 Å². The van der Waals surface area contributed by atoms with Crippen LogP contribution in [0.1, 0.15) is 16.6 Å². The molecule has 3 nitrogen and oxygen atoms in total. The fraction of sp³-hybridized carbons (Fsp3) is 0.400. The van der Waals surface area contributed by atoms with Crippen molar-refractivity contribution in [3.05, 3.63) is 38.9 Å². The number of nitro groups is 1. The number of hydrogen-bond donors (Lipinski definition) is 0. The molecule has 1 fully saturated rings. The van der Waals surface area contributed by atoms with Crippen LogP contribution in [0.4, 0.5) is 5.69 Å². The van der Waals surface area contributed by atoms with Gasteiger partial charge >= 0.3 is 0 Å². The van der Waals surface area contributed by atoms with E-state index >= 15 is 0 Å². The topological polar surface area (TPSA) is 43.1 Å². The predicted molar refractivity (Wildman–Crippen MR) is 70.4 cm³/mol. The smallest absolute Gasteiger partial charge is 0.258 e. The first-order chi connectivity index (χ1) is 7.68. The predicted octanol–water partition coefficient (Wildman–Crippen LogP) is 4.12. The second kappa shape index (κ2) is 5.29. The molecular weight excluding hydrogens is 266 g/mol. The number of benzene rings is 1. The van der Waals surface area contributed by atoms with Crippen LogP contribution in [-0.2, 0) is 0 Å². The Labute approximate surface area is 107 Å². The number of non-ortho nitro benzene ring substituents is 1. The Hall–Kier alpha value is -0.390. The number of halogens is 1. The van der Waals surface area contributed by atoms with Crippen LogP contribution in [0.3, 0.4) is 0 Å². The van der Waals surface area contributed by atoms with Crippen LogP contribution in [0.15, 0.2) is 18.2 Å². The molecule has 86 valence electrons. The first kappa shape index (κ1) is 12.1. The van der Waals surface area contributed by atoms with Gasteiger partial charge in [0.25, 0.3) is 5.69 Å². The fourth-order valence-electron chi connectivity index (χ4n) is 1.49. The van der Waals surface area contributed by atoms with Crippen LogP contribution < -0.4 is 0 Å². The lowest BCUT2D eigenvalue weighted by molar-refractivity contribution is -0.384. The Morgan fingerprint density at radius 3 is 2.62 bits per heavy atom. The third-order valence-electron chi connectivity index (χ3n) is 2.28. The van der Waals surface area contributed by atoms with Gasteiger partial charge in [-0.2, -0.15) is 0 Å². The van der Waals surface area contributed by atoms with Gasteiger partial charge < -0.3 is 0 Å². The summed E-state index contributed by atoms with van der Waals surface area (Å²) >= 11 is 9.78. The van der Waals surface area contributed by atoms with Gasteiger partial charge in [0.1, 0.15) is 0 Å². The quantitative estimate of drug-likeness (QED) is 0.602. The average molecular weight is 276 g/mol. The van der Waals surface area contributed by atoms with Crippen molar-refractivity contribution >= 4 is 40.8 Å². The van der Waals surface area contributed by atoms with E-state index in [1.165, 1.54) is 18.6 Å². The van der Waals surface area contributed by atoms with Crippen LogP contribution in [0.25, 0.3) is 0 Å². The Kier molecular flexibility index (Phi) is 4.00. The average Bonchev–Trinajstić information content (AvgIpc) is 2.30. The molecule has 1 aliphatic rings. The van der Waals surface area contributed by atoms with Crippen LogP contribution in [0, 0.1) is 10.1 Å². The maximum absolute atomic E-state index is 10.6. The summed E-state index contributed by atoms with van der Waals surface area (Å²) in [4.78, 5) is 10.2. The molecule has 0 N–H and O–H groups in total. The molecule has 0 spiro atoms. The van der Waals surface area contributed by atoms with E-state index in [2.05, 4.69) is 0 Å². The van der Waals surface area contributed by atoms with Gasteiger partial charge in [-0.1, -0.05) is 11.6 Å². The van der Waals surface area contributed by atoms with Gasteiger partial charge in [-0.25, -0.2) is 0 Å². The highest BCUT2D eigenvalue weighted by molar-refractivity contribution is 8.16. The van der Waals surface area contributed by atoms with Gasteiger partial charge in [0.2, 0.25) is 0 Å². The normalized spacial score (nSPS) is 17.3. The molecule has 0 aromatic heterocycles. The Morgan fingerprint density at radius 1 is 1.38 bits per heavy atom. The molecular formula is C10H10ClNO2S2. The lowest BCUT2D eigenvalue weighted by atomic mass is 10.2. The highest BCUT2D eigenvalue weighted by atomic mass is 35.5. The largest absolute Gasteiger partial charge is 0.270 e. The molecule has 0 bridgehead atoms. The summed E-state index contributed by atoms with van der Waals surface area (Å²) in [6.45, 7) is 0. The van der Waals surface area contributed by atoms with Crippen LogP contribution >= 0.6 is 35.1 Å². The minimum Gasteiger partial charge on any atom is -0.258 e. The molecule has 0 aliphatic carbocycles. The zero-order chi connectivity index (χ0) is 11.5. The maximum atomic E-state index is 10.6. The number of nitro benzene ring substituents is 1. The third-order valence-corrected chi connectivity index (χ3v) is 5.58. The van der Waals surface area contributed by atoms with Crippen LogP contribution in [0.5, 0.6) is 0 Å². The van der Waals surface area contributed by atoms with Crippen LogP contribution in [-0.4, -0.2) is 16.4 Å². The first-order valence-electron chi connectivity index (χ1n) is 4.85. The molecule has 1 aromatic carbocycles. The van der Waals surface area contributed by atoms with Crippen molar-refractivity contribution in [2.45, 2.75) is 11.0 Å². The number of hydrogen-bond acceptors (Lipinski definition) is 4. The first-order valence-corrected chi connectivity index (χ1v) is 7.33. The highest BCUT2D eigenvalue weighted by Crippen LogP contribution is 2.46. The molecule has 1 saturated heterocycles. The summed E-state index contributed by atoms with van der Waals surface area (Å²) in [5.41, 5.74) is 1.06. The van der Waals surface area contributed by atoms with Crippen molar-refractivity contribution in [3.8, 4) is 0 Å². The number of rotatable bonds is 2. The zero-order valence-corrected chi connectivity index (χ0v) is 10.8. The number of thioether (sulfide) groups is 2. The van der Waals surface area contributed by atoms with Gasteiger partial charge in [-0.15, -0.1) is 23.5 Å². The summed E-state index contributed by atoms with van der Waals surface area (Å²) in [7, 11) is 0. The van der Waals surface area contributed by atoms with Crippen molar-refractivity contribution in [1.82, 2.24) is 0 Å². The molecule has 0 unspecified atom stereocenters. The van der Waals surface area contributed by atoms with Crippen molar-refractivity contribution in [3.63, 3.8) is 0 Å². The van der Waals surface area contributed by atoms with Crippen molar-refractivity contribution < 1.29 is 4.92 Å². The minimum atomic E-state index is -0.420. The summed E-state index contributed by atoms with van der Waals surface area (Å²) < 4.78 is 0.321. The van der Waals surface area contributed by atoms with Gasteiger partial charge in [-0.05, 0) is 29.6 Å². The molecule has 1 aromatic rings. The molecule has 0 radical (unpaired) electrons. The highest BCUT2D eigenvalue weighted by Gasteiger charge is 2.20. The SMILES string of the molecule is O=[N+]([O-])c1ccc(C2SCCCS2)c(Cl)c1. The minimum absolute atomic E-state index is 0.0551. The standard InChI is InChI=1S/C10H10ClNO2S2/c11-9-6-7(12(13)14)2-3-8(9)10-15-4-1-5-16-10/h2-3,6,10H,1,4-5H2. The third kappa shape index (κ3) is 2.64. The van der Waals surface area contributed by atoms with E-state index in [9.17, 15) is 10.1 Å². The van der Waals surface area contributed by atoms with E-state index in [0.29, 0.717) is 9.60 Å². The monoisotopic (exact) mass is 275 g/mol. The lowest BCUT2D eigenvalue weighted by Gasteiger charge is -2.21. The summed E-state index contributed by atoms with van der Waals surface area (Å²) in [5.74, 6) is 2.26. The van der Waals surface area contributed by atoms with Gasteiger partial charge in [-0.3, -0.25) is 10.1 Å². The van der Waals surface area contributed by atoms with Gasteiger partial charge in [0.05, 0.1) is 14.5 Å². The Bertz CT molecular complexity index is 408. The molecule has 0 amide bonds. The second-order valence-electron chi connectivity index (χ2n) is 3.39. The zero-order valence-electron chi connectivity index (χ0n) is 8.39. The van der Waals surface area contributed by atoms with Crippen LogP contribution in [0.2, 0.25) is 5.02 Å². The molecule has 1 heterocycles. The van der Waals surface area contributed by atoms with E-state index in [-0.39, 0.29) is 5.69 Å². The summed E-state index contributed by atoms with van der Waals surface area (Å²) in [5, 5.41) is 11.1. The van der Waals surface area contributed by atoms with E-state index in [4.69, 9.17) is 11.6 Å².